The van der Waals surface area contributed by atoms with E-state index in [-0.39, 0.29) is 0 Å². The molecular formula is C14H26N4. The second-order valence-corrected chi connectivity index (χ2v) is 7.02. The van der Waals surface area contributed by atoms with Crippen molar-refractivity contribution in [2.24, 2.45) is 23.7 Å². The van der Waals surface area contributed by atoms with Crippen molar-refractivity contribution in [2.45, 2.75) is 63.5 Å². The summed E-state index contributed by atoms with van der Waals surface area (Å²) in [6, 6.07) is 1.24. The molecule has 1 saturated heterocycles. The molecule has 0 bridgehead atoms. The Morgan fingerprint density at radius 3 is 1.56 bits per heavy atom. The molecule has 4 nitrogen and oxygen atoms in total. The number of hydrogen-bond donors (Lipinski definition) is 4. The van der Waals surface area contributed by atoms with Crippen LogP contribution in [-0.2, 0) is 0 Å². The molecule has 1 heterocycles. The Hall–Kier alpha value is -0.160. The first kappa shape index (κ1) is 11.6. The van der Waals surface area contributed by atoms with Crippen molar-refractivity contribution < 1.29 is 0 Å². The summed E-state index contributed by atoms with van der Waals surface area (Å²) < 4.78 is 0. The lowest BCUT2D eigenvalue weighted by molar-refractivity contribution is 0.00893. The van der Waals surface area contributed by atoms with E-state index in [9.17, 15) is 0 Å². The van der Waals surface area contributed by atoms with Crippen molar-refractivity contribution in [3.05, 3.63) is 0 Å². The summed E-state index contributed by atoms with van der Waals surface area (Å²) in [5, 5.41) is 0. The van der Waals surface area contributed by atoms with Gasteiger partial charge in [-0.25, -0.2) is 10.9 Å². The van der Waals surface area contributed by atoms with Gasteiger partial charge in [0, 0.05) is 12.1 Å². The zero-order valence-electron chi connectivity index (χ0n) is 11.1. The van der Waals surface area contributed by atoms with Crippen LogP contribution in [0.2, 0.25) is 0 Å². The zero-order chi connectivity index (χ0) is 11.9. The van der Waals surface area contributed by atoms with E-state index in [2.05, 4.69) is 21.9 Å². The lowest BCUT2D eigenvalue weighted by Gasteiger charge is -2.51. The van der Waals surface area contributed by atoms with Crippen molar-refractivity contribution in [1.29, 1.82) is 0 Å². The van der Waals surface area contributed by atoms with Gasteiger partial charge >= 0.3 is 0 Å². The fourth-order valence-corrected chi connectivity index (χ4v) is 5.20. The van der Waals surface area contributed by atoms with Gasteiger partial charge in [0.15, 0.2) is 0 Å². The topological polar surface area (TPSA) is 48.1 Å². The van der Waals surface area contributed by atoms with Gasteiger partial charge < -0.3 is 0 Å². The normalized spacial score (nSPS) is 52.0. The molecule has 0 spiro atoms. The van der Waals surface area contributed by atoms with Gasteiger partial charge in [0.2, 0.25) is 0 Å². The highest BCUT2D eigenvalue weighted by atomic mass is 15.8. The van der Waals surface area contributed by atoms with Gasteiger partial charge in [0.25, 0.3) is 0 Å². The van der Waals surface area contributed by atoms with Crippen LogP contribution in [0.5, 0.6) is 0 Å². The molecule has 4 rings (SSSR count). The molecule has 18 heavy (non-hydrogen) atoms. The minimum absolute atomic E-state index is 0.618. The van der Waals surface area contributed by atoms with E-state index in [0.29, 0.717) is 12.1 Å². The number of rotatable bonds is 0. The van der Waals surface area contributed by atoms with Gasteiger partial charge in [-0.05, 0) is 49.4 Å². The molecular weight excluding hydrogens is 224 g/mol. The van der Waals surface area contributed by atoms with Crippen LogP contribution in [0.4, 0.5) is 0 Å². The van der Waals surface area contributed by atoms with Crippen molar-refractivity contribution in [3.8, 4) is 0 Å². The van der Waals surface area contributed by atoms with Crippen LogP contribution in [-0.4, -0.2) is 12.1 Å². The molecule has 0 aromatic heterocycles. The Balaban J connectivity index is 1.46. The van der Waals surface area contributed by atoms with Gasteiger partial charge in [0.05, 0.1) is 0 Å². The van der Waals surface area contributed by atoms with Gasteiger partial charge in [-0.15, -0.1) is 0 Å². The third-order valence-electron chi connectivity index (χ3n) is 6.12. The Kier molecular flexibility index (Phi) is 3.07. The maximum Gasteiger partial charge on any atom is 0.0396 e. The smallest absolute Gasteiger partial charge is 0.0396 e. The molecule has 1 aliphatic heterocycles. The highest BCUT2D eigenvalue weighted by Gasteiger charge is 2.44. The molecule has 6 atom stereocenters. The standard InChI is InChI=1S/C14H26N4/c1-2-4-10-6-12-8-14-13(15-17-18-16-14)7-11(12)5-9(10)3-1/h9-18H,1-8H2. The molecule has 4 aliphatic rings. The van der Waals surface area contributed by atoms with Crippen LogP contribution in [0.15, 0.2) is 0 Å². The van der Waals surface area contributed by atoms with E-state index < -0.39 is 0 Å². The lowest BCUT2D eigenvalue weighted by atomic mass is 9.58. The van der Waals surface area contributed by atoms with E-state index in [4.69, 9.17) is 0 Å². The predicted octanol–water partition coefficient (Wildman–Crippen LogP) is 1.47. The van der Waals surface area contributed by atoms with Crippen LogP contribution >= 0.6 is 0 Å². The SMILES string of the molecule is C1CCC2CC3CC4NNNNC4CC3CC2C1. The Morgan fingerprint density at radius 2 is 1.06 bits per heavy atom. The average Bonchev–Trinajstić information content (AvgIpc) is 2.42. The first-order valence-electron chi connectivity index (χ1n) is 7.91. The fraction of sp³-hybridized carbons (Fsp3) is 1.00. The first-order chi connectivity index (χ1) is 8.90. The summed E-state index contributed by atoms with van der Waals surface area (Å²) in [5.41, 5.74) is 12.9. The predicted molar refractivity (Wildman–Crippen MR) is 71.0 cm³/mol. The van der Waals surface area contributed by atoms with Crippen molar-refractivity contribution in [2.75, 3.05) is 0 Å². The number of hydrazine groups is 3. The maximum atomic E-state index is 3.40. The summed E-state index contributed by atoms with van der Waals surface area (Å²) in [7, 11) is 0. The molecule has 3 aliphatic carbocycles. The van der Waals surface area contributed by atoms with Gasteiger partial charge in [0.1, 0.15) is 0 Å². The average molecular weight is 250 g/mol. The van der Waals surface area contributed by atoms with Crippen LogP contribution in [0, 0.1) is 23.7 Å². The quantitative estimate of drug-likeness (QED) is 0.526. The summed E-state index contributed by atoms with van der Waals surface area (Å²) in [5.74, 6) is 4.11. The van der Waals surface area contributed by atoms with Crippen LogP contribution in [0.1, 0.15) is 51.4 Å². The Labute approximate surface area is 110 Å². The van der Waals surface area contributed by atoms with Crippen LogP contribution in [0.25, 0.3) is 0 Å². The molecule has 102 valence electrons. The third kappa shape index (κ3) is 1.99. The summed E-state index contributed by atoms with van der Waals surface area (Å²) >= 11 is 0. The number of fused-ring (bicyclic) bond motifs is 3. The maximum absolute atomic E-state index is 3.40. The molecule has 0 amide bonds. The molecule has 3 saturated carbocycles. The van der Waals surface area contributed by atoms with E-state index in [1.165, 1.54) is 51.4 Å². The molecule has 0 aromatic rings. The minimum Gasteiger partial charge on any atom is -0.238 e. The van der Waals surface area contributed by atoms with Crippen molar-refractivity contribution in [1.82, 2.24) is 21.9 Å². The molecule has 0 aromatic carbocycles. The van der Waals surface area contributed by atoms with Crippen LogP contribution < -0.4 is 21.9 Å². The molecule has 4 N–H and O–H groups in total. The summed E-state index contributed by atoms with van der Waals surface area (Å²) in [4.78, 5) is 0. The molecule has 6 unspecified atom stereocenters. The second-order valence-electron chi connectivity index (χ2n) is 7.02. The monoisotopic (exact) mass is 250 g/mol. The summed E-state index contributed by atoms with van der Waals surface area (Å²) in [6.07, 6.45) is 11.8. The van der Waals surface area contributed by atoms with Gasteiger partial charge in [-0.2, -0.15) is 11.1 Å². The van der Waals surface area contributed by atoms with E-state index >= 15 is 0 Å². The summed E-state index contributed by atoms with van der Waals surface area (Å²) in [6.45, 7) is 0. The van der Waals surface area contributed by atoms with E-state index in [1.54, 1.807) is 0 Å². The van der Waals surface area contributed by atoms with Crippen LogP contribution in [0.3, 0.4) is 0 Å². The Bertz CT molecular complexity index is 250. The highest BCUT2D eigenvalue weighted by Crippen LogP contribution is 2.49. The largest absolute Gasteiger partial charge is 0.238 e. The zero-order valence-corrected chi connectivity index (χ0v) is 11.1. The van der Waals surface area contributed by atoms with E-state index in [1.807, 2.05) is 0 Å². The second kappa shape index (κ2) is 4.75. The fourth-order valence-electron chi connectivity index (χ4n) is 5.20. The Morgan fingerprint density at radius 1 is 0.556 bits per heavy atom. The minimum atomic E-state index is 0.618. The number of nitrogens with one attached hydrogen (secondary N) is 4. The third-order valence-corrected chi connectivity index (χ3v) is 6.12. The van der Waals surface area contributed by atoms with Crippen molar-refractivity contribution >= 4 is 0 Å². The van der Waals surface area contributed by atoms with Gasteiger partial charge in [-0.1, -0.05) is 25.7 Å². The van der Waals surface area contributed by atoms with Gasteiger partial charge in [-0.3, -0.25) is 0 Å². The molecule has 4 heteroatoms. The van der Waals surface area contributed by atoms with Crippen molar-refractivity contribution in [3.63, 3.8) is 0 Å². The first-order valence-corrected chi connectivity index (χ1v) is 7.91. The molecule has 0 radical (unpaired) electrons. The molecule has 4 fully saturated rings. The lowest BCUT2D eigenvalue weighted by Crippen LogP contribution is -2.70. The number of hydrogen-bond acceptors (Lipinski definition) is 4. The highest BCUT2D eigenvalue weighted by molar-refractivity contribution is 4.98. The van der Waals surface area contributed by atoms with E-state index in [0.717, 1.165) is 23.7 Å².